The van der Waals surface area contributed by atoms with Crippen LogP contribution < -0.4 is 5.43 Å². The lowest BCUT2D eigenvalue weighted by molar-refractivity contribution is -0.386. The highest BCUT2D eigenvalue weighted by atomic mass is 35.5. The lowest BCUT2D eigenvalue weighted by atomic mass is 10.1. The first-order chi connectivity index (χ1) is 11.3. The van der Waals surface area contributed by atoms with E-state index in [-0.39, 0.29) is 18.5 Å². The van der Waals surface area contributed by atoms with Gasteiger partial charge in [-0.15, -0.1) is 0 Å². The minimum atomic E-state index is -0.761. The zero-order chi connectivity index (χ0) is 17.9. The Balaban J connectivity index is 2.14. The molecule has 0 aliphatic carbocycles. The van der Waals surface area contributed by atoms with Crippen molar-refractivity contribution in [3.8, 4) is 0 Å². The van der Waals surface area contributed by atoms with Gasteiger partial charge in [-0.1, -0.05) is 23.7 Å². The Morgan fingerprint density at radius 3 is 2.54 bits per heavy atom. The Morgan fingerprint density at radius 1 is 1.33 bits per heavy atom. The Bertz CT molecular complexity index is 817. The zero-order valence-corrected chi connectivity index (χ0v) is 13.9. The molecule has 1 aromatic carbocycles. The molecule has 1 aromatic heterocycles. The molecule has 24 heavy (non-hydrogen) atoms. The van der Waals surface area contributed by atoms with Gasteiger partial charge in [0.15, 0.2) is 0 Å². The topological polar surface area (TPSA) is 85.5 Å². The fourth-order valence-electron chi connectivity index (χ4n) is 2.20. The number of amides is 1. The summed E-state index contributed by atoms with van der Waals surface area (Å²) in [7, 11) is 1.65. The number of aromatic nitrogens is 1. The van der Waals surface area contributed by atoms with Crippen molar-refractivity contribution >= 4 is 23.2 Å². The van der Waals surface area contributed by atoms with Crippen LogP contribution in [0.25, 0.3) is 0 Å². The summed E-state index contributed by atoms with van der Waals surface area (Å²) in [6, 6.07) is 8.05. The highest BCUT2D eigenvalue weighted by molar-refractivity contribution is 6.30. The summed E-state index contributed by atoms with van der Waals surface area (Å²) in [5, 5.41) is 11.4. The largest absolute Gasteiger partial charge is 0.339 e. The molecule has 0 aliphatic rings. The molecule has 0 spiro atoms. The third-order valence-corrected chi connectivity index (χ3v) is 4.05. The van der Waals surface area contributed by atoms with Crippen molar-refractivity contribution in [2.24, 2.45) is 0 Å². The van der Waals surface area contributed by atoms with Gasteiger partial charge in [-0.05, 0) is 24.6 Å². The molecule has 2 aromatic rings. The van der Waals surface area contributed by atoms with Gasteiger partial charge in [0.2, 0.25) is 5.91 Å². The summed E-state index contributed by atoms with van der Waals surface area (Å²) in [6.45, 7) is 1.77. The molecule has 126 valence electrons. The molecule has 0 saturated heterocycles. The SMILES string of the molecule is C[C@@H](c1ccc(Cl)cc1)N(C)C(=O)Cn1ccc(=O)c([N+](=O)[O-])c1. The van der Waals surface area contributed by atoms with Crippen molar-refractivity contribution in [2.45, 2.75) is 19.5 Å². The van der Waals surface area contributed by atoms with Crippen LogP contribution in [-0.4, -0.2) is 27.3 Å². The molecule has 1 atom stereocenters. The van der Waals surface area contributed by atoms with E-state index in [4.69, 9.17) is 11.6 Å². The number of pyridine rings is 1. The van der Waals surface area contributed by atoms with Crippen LogP contribution in [0.5, 0.6) is 0 Å². The van der Waals surface area contributed by atoms with Gasteiger partial charge < -0.3 is 9.47 Å². The summed E-state index contributed by atoms with van der Waals surface area (Å²) in [6.07, 6.45) is 2.43. The molecule has 0 N–H and O–H groups in total. The molecule has 2 rings (SSSR count). The smallest absolute Gasteiger partial charge is 0.332 e. The van der Waals surface area contributed by atoms with Gasteiger partial charge in [0, 0.05) is 24.3 Å². The van der Waals surface area contributed by atoms with Crippen molar-refractivity contribution in [3.05, 3.63) is 73.6 Å². The quantitative estimate of drug-likeness (QED) is 0.613. The van der Waals surface area contributed by atoms with Crippen LogP contribution in [0.2, 0.25) is 5.02 Å². The second-order valence-electron chi connectivity index (χ2n) is 5.36. The second-order valence-corrected chi connectivity index (χ2v) is 5.79. The normalized spacial score (nSPS) is 11.8. The van der Waals surface area contributed by atoms with E-state index < -0.39 is 16.0 Å². The number of carbonyl (C=O) groups excluding carboxylic acids is 1. The average Bonchev–Trinajstić information content (AvgIpc) is 2.55. The third kappa shape index (κ3) is 3.99. The molecule has 7 nitrogen and oxygen atoms in total. The molecule has 0 saturated carbocycles. The van der Waals surface area contributed by atoms with E-state index in [0.29, 0.717) is 5.02 Å². The van der Waals surface area contributed by atoms with Gasteiger partial charge in [-0.3, -0.25) is 19.7 Å². The Labute approximate surface area is 143 Å². The Hall–Kier alpha value is -2.67. The second kappa shape index (κ2) is 7.27. The minimum absolute atomic E-state index is 0.102. The molecule has 1 heterocycles. The van der Waals surface area contributed by atoms with Gasteiger partial charge in [-0.25, -0.2) is 0 Å². The fraction of sp³-hybridized carbons (Fsp3) is 0.250. The molecule has 1 amide bonds. The van der Waals surface area contributed by atoms with E-state index in [9.17, 15) is 19.7 Å². The van der Waals surface area contributed by atoms with E-state index in [1.54, 1.807) is 19.2 Å². The number of halogens is 1. The summed E-state index contributed by atoms with van der Waals surface area (Å²) in [5.41, 5.74) is -0.327. The van der Waals surface area contributed by atoms with Crippen molar-refractivity contribution in [1.29, 1.82) is 0 Å². The number of rotatable bonds is 5. The number of nitro groups is 1. The highest BCUT2D eigenvalue weighted by Crippen LogP contribution is 2.21. The molecule has 8 heteroatoms. The van der Waals surface area contributed by atoms with Gasteiger partial charge in [0.1, 0.15) is 6.54 Å². The van der Waals surface area contributed by atoms with Crippen LogP contribution in [-0.2, 0) is 11.3 Å². The monoisotopic (exact) mass is 349 g/mol. The summed E-state index contributed by atoms with van der Waals surface area (Å²) in [5.74, 6) is -0.240. The number of nitrogens with zero attached hydrogens (tertiary/aromatic N) is 3. The van der Waals surface area contributed by atoms with Crippen LogP contribution in [0.3, 0.4) is 0 Å². The molecule has 0 radical (unpaired) electrons. The molecular weight excluding hydrogens is 334 g/mol. The van der Waals surface area contributed by atoms with Crippen molar-refractivity contribution in [2.75, 3.05) is 7.05 Å². The maximum absolute atomic E-state index is 12.4. The first-order valence-electron chi connectivity index (χ1n) is 7.15. The maximum Gasteiger partial charge on any atom is 0.332 e. The molecular formula is C16H16ClN3O4. The van der Waals surface area contributed by atoms with Crippen LogP contribution in [0.1, 0.15) is 18.5 Å². The van der Waals surface area contributed by atoms with Crippen molar-refractivity contribution in [3.63, 3.8) is 0 Å². The maximum atomic E-state index is 12.4. The molecule has 0 fully saturated rings. The standard InChI is InChI=1S/C16H16ClN3O4/c1-11(12-3-5-13(17)6-4-12)18(2)16(22)10-19-8-7-15(21)14(9-19)20(23)24/h3-9,11H,10H2,1-2H3/t11-/m0/s1. The number of carbonyl (C=O) groups is 1. The van der Waals surface area contributed by atoms with Gasteiger partial charge in [0.25, 0.3) is 5.43 Å². The van der Waals surface area contributed by atoms with Crippen LogP contribution in [0.4, 0.5) is 5.69 Å². The van der Waals surface area contributed by atoms with Crippen molar-refractivity contribution in [1.82, 2.24) is 9.47 Å². The molecule has 0 bridgehead atoms. The van der Waals surface area contributed by atoms with E-state index >= 15 is 0 Å². The Morgan fingerprint density at radius 2 is 1.96 bits per heavy atom. The van der Waals surface area contributed by atoms with Gasteiger partial charge >= 0.3 is 5.69 Å². The van der Waals surface area contributed by atoms with E-state index in [1.165, 1.54) is 15.7 Å². The summed E-state index contributed by atoms with van der Waals surface area (Å²) >= 11 is 5.85. The fourth-order valence-corrected chi connectivity index (χ4v) is 2.32. The van der Waals surface area contributed by atoms with Crippen molar-refractivity contribution < 1.29 is 9.72 Å². The van der Waals surface area contributed by atoms with Crippen LogP contribution in [0, 0.1) is 10.1 Å². The predicted molar refractivity (Wildman–Crippen MR) is 90.0 cm³/mol. The average molecular weight is 350 g/mol. The Kier molecular flexibility index (Phi) is 5.35. The van der Waals surface area contributed by atoms with E-state index in [2.05, 4.69) is 0 Å². The zero-order valence-electron chi connectivity index (χ0n) is 13.2. The summed E-state index contributed by atoms with van der Waals surface area (Å²) in [4.78, 5) is 35.4. The molecule has 0 unspecified atom stereocenters. The number of hydrogen-bond donors (Lipinski definition) is 0. The number of likely N-dealkylation sites (N-methyl/N-ethyl adjacent to an activating group) is 1. The first kappa shape index (κ1) is 17.7. The van der Waals surface area contributed by atoms with Crippen LogP contribution in [0.15, 0.2) is 47.5 Å². The summed E-state index contributed by atoms with van der Waals surface area (Å²) < 4.78 is 1.33. The molecule has 0 aliphatic heterocycles. The van der Waals surface area contributed by atoms with Gasteiger partial charge in [0.05, 0.1) is 17.2 Å². The van der Waals surface area contributed by atoms with E-state index in [0.717, 1.165) is 17.8 Å². The number of hydrogen-bond acceptors (Lipinski definition) is 4. The van der Waals surface area contributed by atoms with Crippen LogP contribution >= 0.6 is 11.6 Å². The van der Waals surface area contributed by atoms with E-state index in [1.807, 2.05) is 19.1 Å². The third-order valence-electron chi connectivity index (χ3n) is 3.80. The first-order valence-corrected chi connectivity index (χ1v) is 7.53. The minimum Gasteiger partial charge on any atom is -0.339 e. The highest BCUT2D eigenvalue weighted by Gasteiger charge is 2.19. The lowest BCUT2D eigenvalue weighted by Gasteiger charge is -2.25. The lowest BCUT2D eigenvalue weighted by Crippen LogP contribution is -2.32. The number of benzene rings is 1. The van der Waals surface area contributed by atoms with Gasteiger partial charge in [-0.2, -0.15) is 0 Å². The predicted octanol–water partition coefficient (Wildman–Crippen LogP) is 2.63.